The second kappa shape index (κ2) is 3.17. The van der Waals surface area contributed by atoms with Crippen molar-refractivity contribution in [3.05, 3.63) is 17.5 Å². The van der Waals surface area contributed by atoms with Gasteiger partial charge in [0.05, 0.1) is 6.20 Å². The second-order valence-corrected chi connectivity index (χ2v) is 2.59. The fourth-order valence-corrected chi connectivity index (χ4v) is 1.04. The molecule has 0 unspecified atom stereocenters. The number of aromatic nitrogens is 2. The Labute approximate surface area is 67.7 Å². The molecule has 0 aliphatic carbocycles. The van der Waals surface area contributed by atoms with Crippen LogP contribution in [0.5, 0.6) is 0 Å². The molecular formula is C5H8IN3. The predicted molar refractivity (Wildman–Crippen MR) is 44.2 cm³/mol. The van der Waals surface area contributed by atoms with E-state index in [4.69, 9.17) is 0 Å². The molecule has 1 aromatic rings. The lowest BCUT2D eigenvalue weighted by molar-refractivity contribution is 0.992. The summed E-state index contributed by atoms with van der Waals surface area (Å²) in [6.07, 6.45) is 1.83. The molecule has 1 aromatic heterocycles. The van der Waals surface area contributed by atoms with E-state index in [0.717, 1.165) is 12.2 Å². The molecule has 50 valence electrons. The first-order valence-corrected chi connectivity index (χ1v) is 3.75. The van der Waals surface area contributed by atoms with Crippen molar-refractivity contribution in [2.24, 2.45) is 0 Å². The van der Waals surface area contributed by atoms with Crippen LogP contribution in [0.25, 0.3) is 0 Å². The van der Waals surface area contributed by atoms with E-state index in [9.17, 15) is 0 Å². The lowest BCUT2D eigenvalue weighted by Gasteiger charge is -1.92. The van der Waals surface area contributed by atoms with Gasteiger partial charge in [-0.2, -0.15) is 5.10 Å². The molecule has 0 saturated heterocycles. The lowest BCUT2D eigenvalue weighted by atomic mass is 10.3. The first kappa shape index (κ1) is 7.01. The van der Waals surface area contributed by atoms with Crippen molar-refractivity contribution in [2.75, 3.05) is 0 Å². The van der Waals surface area contributed by atoms with Gasteiger partial charge in [0.2, 0.25) is 0 Å². The van der Waals surface area contributed by atoms with Crippen LogP contribution < -0.4 is 3.53 Å². The summed E-state index contributed by atoms with van der Waals surface area (Å²) in [5.41, 5.74) is 2.36. The highest BCUT2D eigenvalue weighted by Gasteiger charge is 1.95. The van der Waals surface area contributed by atoms with Gasteiger partial charge >= 0.3 is 0 Å². The Morgan fingerprint density at radius 3 is 3.11 bits per heavy atom. The molecule has 1 rings (SSSR count). The molecule has 0 radical (unpaired) electrons. The molecule has 0 fully saturated rings. The van der Waals surface area contributed by atoms with Crippen molar-refractivity contribution < 1.29 is 0 Å². The quantitative estimate of drug-likeness (QED) is 0.598. The number of rotatable bonds is 2. The monoisotopic (exact) mass is 237 g/mol. The van der Waals surface area contributed by atoms with Crippen LogP contribution in [-0.2, 0) is 6.54 Å². The third-order valence-corrected chi connectivity index (χ3v) is 1.57. The average Bonchev–Trinajstić information content (AvgIpc) is 2.18. The van der Waals surface area contributed by atoms with E-state index in [1.807, 2.05) is 13.1 Å². The summed E-state index contributed by atoms with van der Waals surface area (Å²) < 4.78 is 3.02. The molecular weight excluding hydrogens is 229 g/mol. The van der Waals surface area contributed by atoms with E-state index >= 15 is 0 Å². The summed E-state index contributed by atoms with van der Waals surface area (Å²) in [5, 5.41) is 6.73. The maximum absolute atomic E-state index is 3.87. The van der Waals surface area contributed by atoms with Crippen molar-refractivity contribution >= 4 is 22.9 Å². The van der Waals surface area contributed by atoms with Crippen LogP contribution in [0.15, 0.2) is 6.20 Å². The highest BCUT2D eigenvalue weighted by Crippen LogP contribution is 2.01. The van der Waals surface area contributed by atoms with Crippen molar-refractivity contribution in [1.29, 1.82) is 0 Å². The molecule has 0 aliphatic rings. The van der Waals surface area contributed by atoms with Gasteiger partial charge < -0.3 is 0 Å². The molecule has 0 spiro atoms. The number of hydrogen-bond donors (Lipinski definition) is 2. The van der Waals surface area contributed by atoms with Crippen molar-refractivity contribution in [3.63, 3.8) is 0 Å². The van der Waals surface area contributed by atoms with E-state index in [1.165, 1.54) is 5.56 Å². The zero-order valence-corrected chi connectivity index (χ0v) is 7.27. The van der Waals surface area contributed by atoms with Gasteiger partial charge in [0.15, 0.2) is 0 Å². The minimum atomic E-state index is 0.878. The molecule has 0 aromatic carbocycles. The molecule has 0 aliphatic heterocycles. The van der Waals surface area contributed by atoms with E-state index in [0.29, 0.717) is 0 Å². The van der Waals surface area contributed by atoms with E-state index in [-0.39, 0.29) is 0 Å². The number of nitrogens with zero attached hydrogens (tertiary/aromatic N) is 1. The zero-order valence-electron chi connectivity index (χ0n) is 5.11. The molecule has 1 heterocycles. The van der Waals surface area contributed by atoms with Crippen LogP contribution in [0.4, 0.5) is 0 Å². The SMILES string of the molecule is Cc1[nH]ncc1CNI. The van der Waals surface area contributed by atoms with Gasteiger partial charge in [-0.05, 0) is 6.92 Å². The molecule has 0 bridgehead atoms. The summed E-state index contributed by atoms with van der Waals surface area (Å²) in [4.78, 5) is 0. The van der Waals surface area contributed by atoms with E-state index < -0.39 is 0 Å². The average molecular weight is 237 g/mol. The third kappa shape index (κ3) is 1.65. The minimum absolute atomic E-state index is 0.878. The number of H-pyrrole nitrogens is 1. The Morgan fingerprint density at radius 2 is 2.67 bits per heavy atom. The fraction of sp³-hybridized carbons (Fsp3) is 0.400. The van der Waals surface area contributed by atoms with Gasteiger partial charge in [-0.25, -0.2) is 0 Å². The topological polar surface area (TPSA) is 40.7 Å². The summed E-state index contributed by atoms with van der Waals surface area (Å²) >= 11 is 2.11. The van der Waals surface area contributed by atoms with Crippen molar-refractivity contribution in [2.45, 2.75) is 13.5 Å². The number of nitrogens with one attached hydrogen (secondary N) is 2. The van der Waals surface area contributed by atoms with Gasteiger partial charge in [0.25, 0.3) is 0 Å². The maximum Gasteiger partial charge on any atom is 0.0535 e. The largest absolute Gasteiger partial charge is 0.283 e. The Morgan fingerprint density at radius 1 is 1.89 bits per heavy atom. The molecule has 9 heavy (non-hydrogen) atoms. The summed E-state index contributed by atoms with van der Waals surface area (Å²) in [7, 11) is 0. The maximum atomic E-state index is 3.87. The lowest BCUT2D eigenvalue weighted by Crippen LogP contribution is -1.97. The third-order valence-electron chi connectivity index (χ3n) is 1.19. The number of aromatic amines is 1. The van der Waals surface area contributed by atoms with Crippen LogP contribution in [-0.4, -0.2) is 10.2 Å². The molecule has 2 N–H and O–H groups in total. The number of hydrogen-bond acceptors (Lipinski definition) is 2. The van der Waals surface area contributed by atoms with Crippen molar-refractivity contribution in [1.82, 2.24) is 13.7 Å². The Bertz CT molecular complexity index is 184. The highest BCUT2D eigenvalue weighted by molar-refractivity contribution is 14.1. The zero-order chi connectivity index (χ0) is 6.69. The molecule has 0 saturated carbocycles. The Hall–Kier alpha value is -0.100. The molecule has 0 atom stereocenters. The minimum Gasteiger partial charge on any atom is -0.283 e. The van der Waals surface area contributed by atoms with Gasteiger partial charge in [-0.1, -0.05) is 0 Å². The summed E-state index contributed by atoms with van der Waals surface area (Å²) in [5.74, 6) is 0. The van der Waals surface area contributed by atoms with Crippen LogP contribution in [0.3, 0.4) is 0 Å². The Balaban J connectivity index is 2.69. The van der Waals surface area contributed by atoms with Gasteiger partial charge in [0, 0.05) is 40.7 Å². The number of halogens is 1. The van der Waals surface area contributed by atoms with E-state index in [1.54, 1.807) is 0 Å². The van der Waals surface area contributed by atoms with Crippen LogP contribution in [0, 0.1) is 6.92 Å². The number of aryl methyl sites for hydroxylation is 1. The van der Waals surface area contributed by atoms with Gasteiger partial charge in [-0.3, -0.25) is 8.63 Å². The molecule has 3 nitrogen and oxygen atoms in total. The van der Waals surface area contributed by atoms with Gasteiger partial charge in [0.1, 0.15) is 0 Å². The smallest absolute Gasteiger partial charge is 0.0535 e. The summed E-state index contributed by atoms with van der Waals surface area (Å²) in [6, 6.07) is 0. The molecule has 0 amide bonds. The summed E-state index contributed by atoms with van der Waals surface area (Å²) in [6.45, 7) is 2.89. The predicted octanol–water partition coefficient (Wildman–Crippen LogP) is 1.16. The van der Waals surface area contributed by atoms with Crippen molar-refractivity contribution in [3.8, 4) is 0 Å². The van der Waals surface area contributed by atoms with Crippen LogP contribution in [0.1, 0.15) is 11.3 Å². The van der Waals surface area contributed by atoms with Crippen LogP contribution in [0.2, 0.25) is 0 Å². The first-order valence-electron chi connectivity index (χ1n) is 2.67. The Kier molecular flexibility index (Phi) is 2.47. The van der Waals surface area contributed by atoms with E-state index in [2.05, 4.69) is 36.6 Å². The second-order valence-electron chi connectivity index (χ2n) is 1.83. The standard InChI is InChI=1S/C5H8IN3/c1-4-5(2-7-6)3-8-9-4/h3,7H,2H2,1H3,(H,8,9). The highest BCUT2D eigenvalue weighted by atomic mass is 127. The molecule has 4 heteroatoms. The normalized spacial score (nSPS) is 10.0. The van der Waals surface area contributed by atoms with Gasteiger partial charge in [-0.15, -0.1) is 0 Å². The first-order chi connectivity index (χ1) is 4.34. The van der Waals surface area contributed by atoms with Crippen LogP contribution >= 0.6 is 22.9 Å². The fourth-order valence-electron chi connectivity index (χ4n) is 0.626.